The van der Waals surface area contributed by atoms with Gasteiger partial charge in [-0.2, -0.15) is 0 Å². The maximum atomic E-state index is 12.5. The number of aliphatic imine (C=N–C) groups is 1. The van der Waals surface area contributed by atoms with E-state index in [1.54, 1.807) is 7.05 Å². The largest absolute Gasteiger partial charge is 0.326 e. The van der Waals surface area contributed by atoms with E-state index in [0.29, 0.717) is 5.17 Å². The molecule has 28 heavy (non-hydrogen) atoms. The van der Waals surface area contributed by atoms with Crippen molar-refractivity contribution in [3.63, 3.8) is 0 Å². The van der Waals surface area contributed by atoms with Gasteiger partial charge < -0.3 is 5.32 Å². The van der Waals surface area contributed by atoms with Gasteiger partial charge in [0.1, 0.15) is 5.25 Å². The Hall–Kier alpha value is -2.60. The van der Waals surface area contributed by atoms with E-state index < -0.39 is 5.25 Å². The number of aryl methyl sites for hydroxylation is 3. The third-order valence-corrected chi connectivity index (χ3v) is 6.10. The van der Waals surface area contributed by atoms with Gasteiger partial charge in [-0.25, -0.2) is 4.99 Å². The molecule has 1 atom stereocenters. The smallest absolute Gasteiger partial charge is 0.242 e. The molecule has 1 N–H and O–H groups in total. The van der Waals surface area contributed by atoms with Crippen molar-refractivity contribution in [2.45, 2.75) is 38.9 Å². The molecule has 0 aliphatic carbocycles. The quantitative estimate of drug-likeness (QED) is 0.813. The second-order valence-electron chi connectivity index (χ2n) is 6.97. The molecule has 0 aromatic heterocycles. The summed E-state index contributed by atoms with van der Waals surface area (Å²) in [5.41, 5.74) is 5.13. The average Bonchev–Trinajstić information content (AvgIpc) is 2.93. The number of thioether (sulfide) groups is 1. The van der Waals surface area contributed by atoms with Crippen molar-refractivity contribution in [1.82, 2.24) is 4.90 Å². The van der Waals surface area contributed by atoms with Crippen molar-refractivity contribution in [2.24, 2.45) is 4.99 Å². The van der Waals surface area contributed by atoms with Gasteiger partial charge in [0, 0.05) is 19.2 Å². The van der Waals surface area contributed by atoms with Crippen LogP contribution in [0.25, 0.3) is 0 Å². The third-order valence-electron chi connectivity index (χ3n) is 4.87. The number of carbonyl (C=O) groups is 2. The Morgan fingerprint density at radius 3 is 2.50 bits per heavy atom. The zero-order valence-electron chi connectivity index (χ0n) is 16.7. The lowest BCUT2D eigenvalue weighted by molar-refractivity contribution is -0.127. The summed E-state index contributed by atoms with van der Waals surface area (Å²) in [7, 11) is 1.70. The maximum absolute atomic E-state index is 12.5. The molecule has 1 fully saturated rings. The number of benzene rings is 2. The van der Waals surface area contributed by atoms with Gasteiger partial charge in [0.05, 0.1) is 5.69 Å². The van der Waals surface area contributed by atoms with Crippen molar-refractivity contribution in [1.29, 1.82) is 0 Å². The molecule has 1 saturated heterocycles. The minimum Gasteiger partial charge on any atom is -0.326 e. The van der Waals surface area contributed by atoms with Gasteiger partial charge in [-0.1, -0.05) is 36.9 Å². The fraction of sp³-hybridized carbons (Fsp3) is 0.318. The summed E-state index contributed by atoms with van der Waals surface area (Å²) >= 11 is 1.34. The normalized spacial score (nSPS) is 18.0. The maximum Gasteiger partial charge on any atom is 0.242 e. The van der Waals surface area contributed by atoms with Crippen LogP contribution in [0.5, 0.6) is 0 Å². The first-order valence-electron chi connectivity index (χ1n) is 9.36. The van der Waals surface area contributed by atoms with E-state index in [0.717, 1.165) is 23.4 Å². The van der Waals surface area contributed by atoms with Crippen LogP contribution in [0.15, 0.2) is 47.5 Å². The van der Waals surface area contributed by atoms with Crippen LogP contribution in [-0.2, 0) is 16.0 Å². The summed E-state index contributed by atoms with van der Waals surface area (Å²) in [5, 5.41) is 3.04. The predicted octanol–water partition coefficient (Wildman–Crippen LogP) is 4.46. The summed E-state index contributed by atoms with van der Waals surface area (Å²) < 4.78 is 0. The number of amidine groups is 1. The van der Waals surface area contributed by atoms with Gasteiger partial charge in [-0.05, 0) is 61.2 Å². The van der Waals surface area contributed by atoms with Gasteiger partial charge in [0.25, 0.3) is 0 Å². The van der Waals surface area contributed by atoms with Crippen molar-refractivity contribution in [2.75, 3.05) is 12.4 Å². The Bertz CT molecular complexity index is 922. The molecule has 0 unspecified atom stereocenters. The topological polar surface area (TPSA) is 61.8 Å². The van der Waals surface area contributed by atoms with Crippen LogP contribution >= 0.6 is 11.8 Å². The lowest BCUT2D eigenvalue weighted by atomic mass is 10.1. The van der Waals surface area contributed by atoms with E-state index in [4.69, 9.17) is 0 Å². The van der Waals surface area contributed by atoms with Gasteiger partial charge in [0.15, 0.2) is 5.17 Å². The van der Waals surface area contributed by atoms with Crippen LogP contribution < -0.4 is 5.32 Å². The first kappa shape index (κ1) is 20.1. The van der Waals surface area contributed by atoms with Crippen LogP contribution in [0.2, 0.25) is 0 Å². The van der Waals surface area contributed by atoms with Crippen molar-refractivity contribution in [3.8, 4) is 0 Å². The molecule has 2 aromatic rings. The van der Waals surface area contributed by atoms with E-state index in [-0.39, 0.29) is 18.2 Å². The molecular weight excluding hydrogens is 370 g/mol. The third kappa shape index (κ3) is 4.62. The summed E-state index contributed by atoms with van der Waals surface area (Å²) in [6, 6.07) is 13.7. The predicted molar refractivity (Wildman–Crippen MR) is 116 cm³/mol. The Morgan fingerprint density at radius 1 is 1.14 bits per heavy atom. The SMILES string of the molecule is CCc1ccc(NC(=O)C[C@H]2SC(=Nc3ccc(C)c(C)c3)N(C)C2=O)cc1. The second kappa shape index (κ2) is 8.61. The summed E-state index contributed by atoms with van der Waals surface area (Å²) in [5.74, 6) is -0.264. The molecule has 1 heterocycles. The number of amides is 2. The molecule has 2 aromatic carbocycles. The molecular formula is C22H25N3O2S. The first-order chi connectivity index (χ1) is 13.4. The standard InChI is InChI=1S/C22H25N3O2S/c1-5-16-7-10-17(11-8-16)23-20(26)13-19-21(27)25(4)22(28-19)24-18-9-6-14(2)15(3)12-18/h6-12,19H,5,13H2,1-4H3,(H,23,26)/t19-/m1/s1. The summed E-state index contributed by atoms with van der Waals surface area (Å²) in [6.07, 6.45) is 1.08. The van der Waals surface area contributed by atoms with Crippen molar-refractivity contribution >= 4 is 40.1 Å². The van der Waals surface area contributed by atoms with E-state index in [1.165, 1.54) is 27.8 Å². The minimum atomic E-state index is -0.454. The lowest BCUT2D eigenvalue weighted by Crippen LogP contribution is -2.30. The van der Waals surface area contributed by atoms with Crippen LogP contribution in [0.1, 0.15) is 30.0 Å². The Labute approximate surface area is 170 Å². The number of hydrogen-bond acceptors (Lipinski definition) is 4. The Morgan fingerprint density at radius 2 is 1.86 bits per heavy atom. The number of nitrogens with one attached hydrogen (secondary N) is 1. The number of nitrogens with zero attached hydrogens (tertiary/aromatic N) is 2. The number of rotatable bonds is 5. The fourth-order valence-corrected chi connectivity index (χ4v) is 4.06. The molecule has 5 nitrogen and oxygen atoms in total. The Kier molecular flexibility index (Phi) is 6.19. The highest BCUT2D eigenvalue weighted by molar-refractivity contribution is 8.15. The fourth-order valence-electron chi connectivity index (χ4n) is 2.91. The second-order valence-corrected chi connectivity index (χ2v) is 8.14. The highest BCUT2D eigenvalue weighted by Gasteiger charge is 2.37. The molecule has 3 rings (SSSR count). The molecule has 0 bridgehead atoms. The van der Waals surface area contributed by atoms with Gasteiger partial charge >= 0.3 is 0 Å². The van der Waals surface area contributed by atoms with Crippen LogP contribution in [-0.4, -0.2) is 34.2 Å². The lowest BCUT2D eigenvalue weighted by Gasteiger charge is -2.10. The highest BCUT2D eigenvalue weighted by Crippen LogP contribution is 2.31. The molecule has 6 heteroatoms. The van der Waals surface area contributed by atoms with E-state index >= 15 is 0 Å². The first-order valence-corrected chi connectivity index (χ1v) is 10.2. The molecule has 146 valence electrons. The van der Waals surface area contributed by atoms with Gasteiger partial charge in [-0.15, -0.1) is 0 Å². The summed E-state index contributed by atoms with van der Waals surface area (Å²) in [4.78, 5) is 31.1. The average molecular weight is 396 g/mol. The van der Waals surface area contributed by atoms with Crippen molar-refractivity contribution < 1.29 is 9.59 Å². The zero-order valence-corrected chi connectivity index (χ0v) is 17.5. The highest BCUT2D eigenvalue weighted by atomic mass is 32.2. The van der Waals surface area contributed by atoms with Crippen molar-refractivity contribution in [3.05, 3.63) is 59.2 Å². The zero-order chi connectivity index (χ0) is 20.3. The van der Waals surface area contributed by atoms with E-state index in [9.17, 15) is 9.59 Å². The van der Waals surface area contributed by atoms with Crippen LogP contribution in [0.4, 0.5) is 11.4 Å². The molecule has 0 spiro atoms. The Balaban J connectivity index is 1.66. The van der Waals surface area contributed by atoms with Gasteiger partial charge in [-0.3, -0.25) is 14.5 Å². The van der Waals surface area contributed by atoms with Crippen LogP contribution in [0.3, 0.4) is 0 Å². The molecule has 1 aliphatic heterocycles. The number of anilines is 1. The van der Waals surface area contributed by atoms with Gasteiger partial charge in [0.2, 0.25) is 11.8 Å². The minimum absolute atomic E-state index is 0.0935. The van der Waals surface area contributed by atoms with Crippen LogP contribution in [0, 0.1) is 13.8 Å². The number of carbonyl (C=O) groups excluding carboxylic acids is 2. The molecule has 1 aliphatic rings. The number of hydrogen-bond donors (Lipinski definition) is 1. The molecule has 0 saturated carbocycles. The van der Waals surface area contributed by atoms with E-state index in [2.05, 4.69) is 24.2 Å². The molecule has 0 radical (unpaired) electrons. The summed E-state index contributed by atoms with van der Waals surface area (Å²) in [6.45, 7) is 6.18. The molecule has 2 amide bonds. The van der Waals surface area contributed by atoms with E-state index in [1.807, 2.05) is 49.4 Å². The monoisotopic (exact) mass is 395 g/mol.